The number of allylic oxidation sites excluding steroid dienone is 1. The van der Waals surface area contributed by atoms with Crippen LogP contribution in [0.1, 0.15) is 70.9 Å². The topological polar surface area (TPSA) is 78.9 Å². The molecule has 0 amide bonds. The average Bonchev–Trinajstić information content (AvgIpc) is 2.91. The first-order chi connectivity index (χ1) is 18.5. The van der Waals surface area contributed by atoms with Gasteiger partial charge in [-0.2, -0.15) is 0 Å². The van der Waals surface area contributed by atoms with Crippen LogP contribution in [0.25, 0.3) is 5.57 Å². The van der Waals surface area contributed by atoms with E-state index in [1.54, 1.807) is 45.0 Å². The Kier molecular flexibility index (Phi) is 9.83. The van der Waals surface area contributed by atoms with Crippen LogP contribution < -0.4 is 14.2 Å². The number of carbonyl (C=O) groups is 3. The van der Waals surface area contributed by atoms with Crippen LogP contribution in [0.15, 0.2) is 84.5 Å². The summed E-state index contributed by atoms with van der Waals surface area (Å²) in [4.78, 5) is 36.7. The van der Waals surface area contributed by atoms with Crippen molar-refractivity contribution in [1.82, 2.24) is 0 Å². The predicted molar refractivity (Wildman–Crippen MR) is 153 cm³/mol. The van der Waals surface area contributed by atoms with E-state index < -0.39 is 17.9 Å². The second-order valence-electron chi connectivity index (χ2n) is 10.0. The number of hydrogen-bond acceptors (Lipinski definition) is 6. The summed E-state index contributed by atoms with van der Waals surface area (Å²) >= 11 is 0. The number of hydrogen-bond donors (Lipinski definition) is 0. The molecule has 1 atom stereocenters. The third-order valence-corrected chi connectivity index (χ3v) is 6.59. The lowest BCUT2D eigenvalue weighted by Crippen LogP contribution is -2.13. The average molecular weight is 529 g/mol. The Labute approximate surface area is 230 Å². The quantitative estimate of drug-likeness (QED) is 0.190. The molecule has 204 valence electrons. The van der Waals surface area contributed by atoms with Gasteiger partial charge in [0.25, 0.3) is 0 Å². The Balaban J connectivity index is 2.13. The zero-order valence-electron chi connectivity index (χ0n) is 23.2. The molecule has 6 heteroatoms. The van der Waals surface area contributed by atoms with Crippen LogP contribution in [0.2, 0.25) is 0 Å². The van der Waals surface area contributed by atoms with Gasteiger partial charge in [0, 0.05) is 16.7 Å². The zero-order valence-corrected chi connectivity index (χ0v) is 23.2. The van der Waals surface area contributed by atoms with Gasteiger partial charge in [0.05, 0.1) is 0 Å². The monoisotopic (exact) mass is 528 g/mol. The van der Waals surface area contributed by atoms with Crippen molar-refractivity contribution in [2.75, 3.05) is 0 Å². The van der Waals surface area contributed by atoms with Crippen molar-refractivity contribution >= 4 is 23.5 Å². The van der Waals surface area contributed by atoms with Crippen molar-refractivity contribution in [3.05, 3.63) is 95.6 Å². The SMILES string of the molecule is C=C(C)C(=O)Oc1ccc(/C(=C2\CCCC(CC)C2)c2ccc(OC(=O)C(=C)C)c(OC(=O)C(=C)C)c2)cc1. The molecule has 2 aromatic carbocycles. The maximum atomic E-state index is 12.5. The molecule has 0 spiro atoms. The summed E-state index contributed by atoms with van der Waals surface area (Å²) in [6, 6.07) is 12.5. The lowest BCUT2D eigenvalue weighted by Gasteiger charge is -2.26. The molecule has 0 aromatic heterocycles. The van der Waals surface area contributed by atoms with Crippen molar-refractivity contribution < 1.29 is 28.6 Å². The highest BCUT2D eigenvalue weighted by Gasteiger charge is 2.23. The molecule has 1 aliphatic carbocycles. The minimum atomic E-state index is -0.624. The Morgan fingerprint density at radius 2 is 1.31 bits per heavy atom. The molecule has 0 saturated heterocycles. The van der Waals surface area contributed by atoms with Gasteiger partial charge in [-0.1, -0.05) is 56.9 Å². The summed E-state index contributed by atoms with van der Waals surface area (Å²) in [6.45, 7) is 17.8. The van der Waals surface area contributed by atoms with Gasteiger partial charge in [0.15, 0.2) is 11.5 Å². The molecule has 2 aromatic rings. The van der Waals surface area contributed by atoms with Crippen molar-refractivity contribution in [3.63, 3.8) is 0 Å². The summed E-state index contributed by atoms with van der Waals surface area (Å²) in [5.74, 6) is -0.497. The Morgan fingerprint density at radius 1 is 0.769 bits per heavy atom. The van der Waals surface area contributed by atoms with Crippen molar-refractivity contribution in [2.45, 2.75) is 59.8 Å². The first-order valence-corrected chi connectivity index (χ1v) is 13.1. The predicted octanol–water partition coefficient (Wildman–Crippen LogP) is 7.53. The van der Waals surface area contributed by atoms with E-state index in [9.17, 15) is 14.4 Å². The minimum absolute atomic E-state index is 0.114. The molecule has 39 heavy (non-hydrogen) atoms. The first kappa shape index (κ1) is 29.4. The molecule has 3 rings (SSSR count). The largest absolute Gasteiger partial charge is 0.423 e. The lowest BCUT2D eigenvalue weighted by molar-refractivity contribution is -0.132. The highest BCUT2D eigenvalue weighted by Crippen LogP contribution is 2.41. The number of esters is 3. The second kappa shape index (κ2) is 13.1. The maximum Gasteiger partial charge on any atom is 0.338 e. The van der Waals surface area contributed by atoms with Gasteiger partial charge >= 0.3 is 17.9 Å². The fourth-order valence-corrected chi connectivity index (χ4v) is 4.39. The van der Waals surface area contributed by atoms with Gasteiger partial charge in [0.2, 0.25) is 0 Å². The Hall–Kier alpha value is -4.19. The highest BCUT2D eigenvalue weighted by atomic mass is 16.6. The van der Waals surface area contributed by atoms with E-state index in [4.69, 9.17) is 14.2 Å². The maximum absolute atomic E-state index is 12.5. The number of rotatable bonds is 9. The molecule has 1 saturated carbocycles. The standard InChI is InChI=1S/C33H36O6/c1-8-23-10-9-11-25(18-23)30(24-12-15-27(16-13-24)37-31(34)20(2)3)26-14-17-28(38-32(35)21(4)5)29(19-26)39-33(36)22(6)7/h12-17,19,23H,2,4,6,8-11,18H2,1,3,5,7H3/b30-25-. The summed E-state index contributed by atoms with van der Waals surface area (Å²) in [6.07, 6.45) is 5.23. The van der Waals surface area contributed by atoms with E-state index in [1.165, 1.54) is 12.0 Å². The van der Waals surface area contributed by atoms with Crippen LogP contribution in [0, 0.1) is 5.92 Å². The van der Waals surface area contributed by atoms with Crippen LogP contribution in [-0.2, 0) is 14.4 Å². The molecular formula is C33H36O6. The van der Waals surface area contributed by atoms with Crippen molar-refractivity contribution in [3.8, 4) is 17.2 Å². The Morgan fingerprint density at radius 3 is 1.87 bits per heavy atom. The smallest absolute Gasteiger partial charge is 0.338 e. The van der Waals surface area contributed by atoms with Gasteiger partial charge in [0.1, 0.15) is 5.75 Å². The normalized spacial score (nSPS) is 16.1. The number of carbonyl (C=O) groups excluding carboxylic acids is 3. The zero-order chi connectivity index (χ0) is 28.7. The highest BCUT2D eigenvalue weighted by molar-refractivity contribution is 5.92. The van der Waals surface area contributed by atoms with Gasteiger partial charge in [-0.05, 0) is 93.3 Å². The van der Waals surface area contributed by atoms with E-state index in [0.29, 0.717) is 17.2 Å². The van der Waals surface area contributed by atoms with E-state index in [1.807, 2.05) is 18.2 Å². The molecular weight excluding hydrogens is 492 g/mol. The van der Waals surface area contributed by atoms with Crippen molar-refractivity contribution in [1.29, 1.82) is 0 Å². The molecule has 6 nitrogen and oxygen atoms in total. The van der Waals surface area contributed by atoms with Gasteiger partial charge < -0.3 is 14.2 Å². The summed E-state index contributed by atoms with van der Waals surface area (Å²) in [5.41, 5.74) is 4.81. The molecule has 1 aliphatic rings. The molecule has 1 unspecified atom stereocenters. The van der Waals surface area contributed by atoms with E-state index in [2.05, 4.69) is 26.7 Å². The van der Waals surface area contributed by atoms with E-state index >= 15 is 0 Å². The fourth-order valence-electron chi connectivity index (χ4n) is 4.39. The van der Waals surface area contributed by atoms with Gasteiger partial charge in [-0.25, -0.2) is 14.4 Å². The van der Waals surface area contributed by atoms with Gasteiger partial charge in [-0.15, -0.1) is 0 Å². The van der Waals surface area contributed by atoms with E-state index in [-0.39, 0.29) is 22.6 Å². The second-order valence-corrected chi connectivity index (χ2v) is 10.0. The van der Waals surface area contributed by atoms with Crippen LogP contribution in [0.5, 0.6) is 17.2 Å². The summed E-state index contributed by atoms with van der Waals surface area (Å²) < 4.78 is 16.4. The third-order valence-electron chi connectivity index (χ3n) is 6.59. The molecule has 0 aliphatic heterocycles. The summed E-state index contributed by atoms with van der Waals surface area (Å²) in [5, 5.41) is 0. The van der Waals surface area contributed by atoms with Crippen LogP contribution in [-0.4, -0.2) is 17.9 Å². The van der Waals surface area contributed by atoms with Crippen molar-refractivity contribution in [2.24, 2.45) is 5.92 Å². The molecule has 0 bridgehead atoms. The van der Waals surface area contributed by atoms with Crippen LogP contribution in [0.4, 0.5) is 0 Å². The fraction of sp³-hybridized carbons (Fsp3) is 0.303. The lowest BCUT2D eigenvalue weighted by atomic mass is 9.79. The third kappa shape index (κ3) is 7.66. The summed E-state index contributed by atoms with van der Waals surface area (Å²) in [7, 11) is 0. The molecule has 0 N–H and O–H groups in total. The Bertz CT molecular complexity index is 1340. The number of ether oxygens (including phenoxy) is 3. The first-order valence-electron chi connectivity index (χ1n) is 13.1. The van der Waals surface area contributed by atoms with Gasteiger partial charge in [-0.3, -0.25) is 0 Å². The molecule has 0 radical (unpaired) electrons. The molecule has 0 heterocycles. The van der Waals surface area contributed by atoms with Crippen LogP contribution in [0.3, 0.4) is 0 Å². The minimum Gasteiger partial charge on any atom is -0.423 e. The van der Waals surface area contributed by atoms with E-state index in [0.717, 1.165) is 42.4 Å². The molecule has 1 fully saturated rings. The number of benzene rings is 2. The van der Waals surface area contributed by atoms with Crippen LogP contribution >= 0.6 is 0 Å².